The quantitative estimate of drug-likeness (QED) is 0.730. The van der Waals surface area contributed by atoms with Crippen molar-refractivity contribution < 1.29 is 17.9 Å². The molecule has 2 rings (SSSR count). The van der Waals surface area contributed by atoms with E-state index in [1.165, 1.54) is 18.6 Å². The molecule has 0 aliphatic carbocycles. The van der Waals surface area contributed by atoms with Crippen LogP contribution in [0.1, 0.15) is 51.2 Å². The molecule has 0 radical (unpaired) electrons. The lowest BCUT2D eigenvalue weighted by Crippen LogP contribution is -2.46. The molecule has 0 unspecified atom stereocenters. The Morgan fingerprint density at radius 2 is 1.71 bits per heavy atom. The number of likely N-dealkylation sites (tertiary alicyclic amines) is 1. The number of benzene rings is 1. The van der Waals surface area contributed by atoms with E-state index in [9.17, 15) is 13.2 Å². The van der Waals surface area contributed by atoms with Gasteiger partial charge in [-0.1, -0.05) is 26.0 Å². The van der Waals surface area contributed by atoms with E-state index < -0.39 is 11.7 Å². The Morgan fingerprint density at radius 1 is 1.12 bits per heavy atom. The second-order valence-corrected chi connectivity index (χ2v) is 7.73. The van der Waals surface area contributed by atoms with Crippen LogP contribution in [-0.4, -0.2) is 37.2 Å². The molecular weight excluding hydrogens is 315 g/mol. The normalized spacial score (nSPS) is 23.0. The van der Waals surface area contributed by atoms with Crippen LogP contribution in [0.5, 0.6) is 0 Å². The Kier molecular flexibility index (Phi) is 5.65. The van der Waals surface area contributed by atoms with Gasteiger partial charge in [0.05, 0.1) is 12.2 Å². The first-order valence-corrected chi connectivity index (χ1v) is 8.50. The van der Waals surface area contributed by atoms with Crippen molar-refractivity contribution in [3.8, 4) is 0 Å². The van der Waals surface area contributed by atoms with Crippen LogP contribution in [0.3, 0.4) is 0 Å². The van der Waals surface area contributed by atoms with Crippen molar-refractivity contribution in [2.75, 3.05) is 26.8 Å². The van der Waals surface area contributed by atoms with Crippen LogP contribution >= 0.6 is 0 Å². The monoisotopic (exact) mass is 343 g/mol. The van der Waals surface area contributed by atoms with E-state index in [4.69, 9.17) is 4.74 Å². The van der Waals surface area contributed by atoms with E-state index in [1.54, 1.807) is 19.2 Å². The van der Waals surface area contributed by atoms with Gasteiger partial charge in [-0.05, 0) is 62.4 Å². The fraction of sp³-hybridized carbons (Fsp3) is 0.684. The second-order valence-electron chi connectivity index (χ2n) is 7.73. The lowest BCUT2D eigenvalue weighted by atomic mass is 9.81. The fourth-order valence-corrected chi connectivity index (χ4v) is 3.60. The summed E-state index contributed by atoms with van der Waals surface area (Å²) >= 11 is 0. The Morgan fingerprint density at radius 3 is 2.25 bits per heavy atom. The third-order valence-corrected chi connectivity index (χ3v) is 5.36. The minimum absolute atomic E-state index is 0.0744. The molecule has 1 aromatic carbocycles. The predicted octanol–water partition coefficient (Wildman–Crippen LogP) is 4.87. The van der Waals surface area contributed by atoms with E-state index in [0.717, 1.165) is 31.5 Å². The smallest absolute Gasteiger partial charge is 0.383 e. The zero-order valence-corrected chi connectivity index (χ0v) is 15.0. The number of hydrogen-bond acceptors (Lipinski definition) is 2. The molecule has 0 N–H and O–H groups in total. The van der Waals surface area contributed by atoms with Gasteiger partial charge >= 0.3 is 6.18 Å². The van der Waals surface area contributed by atoms with Crippen molar-refractivity contribution in [2.45, 2.75) is 57.2 Å². The lowest BCUT2D eigenvalue weighted by molar-refractivity contribution is -0.137. The molecule has 1 aliphatic rings. The first-order valence-electron chi connectivity index (χ1n) is 8.50. The van der Waals surface area contributed by atoms with Crippen molar-refractivity contribution in [3.05, 3.63) is 35.4 Å². The number of hydrogen-bond donors (Lipinski definition) is 0. The summed E-state index contributed by atoms with van der Waals surface area (Å²) in [6.45, 7) is 9.12. The zero-order chi connectivity index (χ0) is 18.0. The zero-order valence-electron chi connectivity index (χ0n) is 15.0. The van der Waals surface area contributed by atoms with E-state index in [0.29, 0.717) is 6.61 Å². The number of rotatable bonds is 6. The van der Waals surface area contributed by atoms with Crippen LogP contribution in [0.25, 0.3) is 0 Å². The highest BCUT2D eigenvalue weighted by atomic mass is 19.4. The van der Waals surface area contributed by atoms with Gasteiger partial charge in [0.1, 0.15) is 0 Å². The highest BCUT2D eigenvalue weighted by Crippen LogP contribution is 2.35. The first-order chi connectivity index (χ1) is 11.1. The Hall–Kier alpha value is -1.07. The maximum absolute atomic E-state index is 12.7. The van der Waals surface area contributed by atoms with Gasteiger partial charge in [0.15, 0.2) is 0 Å². The van der Waals surface area contributed by atoms with Gasteiger partial charge in [-0.25, -0.2) is 0 Å². The Bertz CT molecular complexity index is 539. The van der Waals surface area contributed by atoms with E-state index in [1.807, 2.05) is 0 Å². The topological polar surface area (TPSA) is 12.5 Å². The van der Waals surface area contributed by atoms with E-state index in [-0.39, 0.29) is 11.0 Å². The summed E-state index contributed by atoms with van der Waals surface area (Å²) in [5.41, 5.74) is 0.267. The van der Waals surface area contributed by atoms with Gasteiger partial charge in [-0.2, -0.15) is 13.2 Å². The summed E-state index contributed by atoms with van der Waals surface area (Å²) in [7, 11) is 1.73. The molecule has 1 fully saturated rings. The van der Waals surface area contributed by atoms with Crippen molar-refractivity contribution in [1.29, 1.82) is 0 Å². The third-order valence-electron chi connectivity index (χ3n) is 5.36. The van der Waals surface area contributed by atoms with Gasteiger partial charge in [-0.3, -0.25) is 4.90 Å². The van der Waals surface area contributed by atoms with Crippen molar-refractivity contribution in [2.24, 2.45) is 0 Å². The third kappa shape index (κ3) is 4.31. The molecule has 0 saturated carbocycles. The summed E-state index contributed by atoms with van der Waals surface area (Å²) in [6.07, 6.45) is -1.08. The molecule has 1 aromatic rings. The molecule has 0 amide bonds. The highest BCUT2D eigenvalue weighted by molar-refractivity contribution is 5.29. The van der Waals surface area contributed by atoms with Crippen LogP contribution in [-0.2, 0) is 16.3 Å². The molecule has 1 aliphatic heterocycles. The molecular formula is C19H28F3NO. The van der Waals surface area contributed by atoms with Crippen molar-refractivity contribution in [1.82, 2.24) is 4.90 Å². The largest absolute Gasteiger partial charge is 0.416 e. The van der Waals surface area contributed by atoms with Gasteiger partial charge < -0.3 is 4.74 Å². The van der Waals surface area contributed by atoms with E-state index >= 15 is 0 Å². The predicted molar refractivity (Wildman–Crippen MR) is 90.2 cm³/mol. The fourth-order valence-electron chi connectivity index (χ4n) is 3.60. The molecule has 1 heterocycles. The molecule has 24 heavy (non-hydrogen) atoms. The van der Waals surface area contributed by atoms with Crippen LogP contribution < -0.4 is 0 Å². The number of nitrogens with zero attached hydrogens (tertiary/aromatic N) is 1. The van der Waals surface area contributed by atoms with Gasteiger partial charge in [0.2, 0.25) is 0 Å². The number of alkyl halides is 3. The van der Waals surface area contributed by atoms with Crippen molar-refractivity contribution in [3.63, 3.8) is 0 Å². The second kappa shape index (κ2) is 7.04. The van der Waals surface area contributed by atoms with Crippen molar-refractivity contribution >= 4 is 0 Å². The Balaban J connectivity index is 2.03. The molecule has 0 bridgehead atoms. The van der Waals surface area contributed by atoms with Gasteiger partial charge in [0.25, 0.3) is 0 Å². The molecule has 0 spiro atoms. The van der Waals surface area contributed by atoms with Crippen LogP contribution in [0.4, 0.5) is 13.2 Å². The summed E-state index contributed by atoms with van der Waals surface area (Å²) < 4.78 is 43.5. The van der Waals surface area contributed by atoms with Gasteiger partial charge in [0, 0.05) is 12.6 Å². The van der Waals surface area contributed by atoms with Crippen LogP contribution in [0.2, 0.25) is 0 Å². The van der Waals surface area contributed by atoms with Crippen LogP contribution in [0.15, 0.2) is 24.3 Å². The Labute approximate surface area is 143 Å². The number of halogens is 3. The highest BCUT2D eigenvalue weighted by Gasteiger charge is 2.37. The average molecular weight is 343 g/mol. The molecule has 5 heteroatoms. The molecule has 2 nitrogen and oxygen atoms in total. The SMILES string of the molecule is COC[C@@]1(C)CCCN1CCC(C)(C)c1ccc(C(F)(F)F)cc1. The van der Waals surface area contributed by atoms with E-state index in [2.05, 4.69) is 25.7 Å². The van der Waals surface area contributed by atoms with Crippen LogP contribution in [0, 0.1) is 0 Å². The summed E-state index contributed by atoms with van der Waals surface area (Å²) in [4.78, 5) is 2.46. The molecule has 1 atom stereocenters. The maximum atomic E-state index is 12.7. The molecule has 136 valence electrons. The number of ether oxygens (including phenoxy) is 1. The standard InChI is InChI=1S/C19H28F3NO/c1-17(2,15-6-8-16(9-7-15)19(20,21)22)11-13-23-12-5-10-18(23,3)14-24-4/h6-9H,5,10-14H2,1-4H3/t18-/m1/s1. The first kappa shape index (κ1) is 19.3. The minimum atomic E-state index is -4.28. The minimum Gasteiger partial charge on any atom is -0.383 e. The summed E-state index contributed by atoms with van der Waals surface area (Å²) in [6, 6.07) is 5.59. The maximum Gasteiger partial charge on any atom is 0.416 e. The van der Waals surface area contributed by atoms with Gasteiger partial charge in [-0.15, -0.1) is 0 Å². The average Bonchev–Trinajstić information content (AvgIpc) is 2.86. The lowest BCUT2D eigenvalue weighted by Gasteiger charge is -2.37. The molecule has 1 saturated heterocycles. The molecule has 0 aromatic heterocycles. The summed E-state index contributed by atoms with van der Waals surface area (Å²) in [5.74, 6) is 0. The number of methoxy groups -OCH3 is 1. The summed E-state index contributed by atoms with van der Waals surface area (Å²) in [5, 5.41) is 0.